The molecule has 1 aromatic rings. The first kappa shape index (κ1) is 13.5. The number of nitrogens with two attached hydrogens (primary N) is 1. The molecule has 3 N–H and O–H groups in total. The molecule has 2 rings (SSSR count). The van der Waals surface area contributed by atoms with Crippen molar-refractivity contribution in [2.24, 2.45) is 11.7 Å². The van der Waals surface area contributed by atoms with Gasteiger partial charge in [-0.3, -0.25) is 9.88 Å². The molecule has 2 atom stereocenters. The van der Waals surface area contributed by atoms with E-state index in [2.05, 4.69) is 16.8 Å². The molecule has 0 bridgehead atoms. The predicted octanol–water partition coefficient (Wildman–Crippen LogP) is 1.00. The summed E-state index contributed by atoms with van der Waals surface area (Å²) < 4.78 is 0. The van der Waals surface area contributed by atoms with E-state index < -0.39 is 0 Å². The third-order valence-corrected chi connectivity index (χ3v) is 3.81. The lowest BCUT2D eigenvalue weighted by Gasteiger charge is -2.33. The van der Waals surface area contributed by atoms with Gasteiger partial charge in [-0.2, -0.15) is 0 Å². The van der Waals surface area contributed by atoms with Crippen LogP contribution in [-0.2, 0) is 6.54 Å². The summed E-state index contributed by atoms with van der Waals surface area (Å²) in [5.74, 6) is 0.605. The van der Waals surface area contributed by atoms with E-state index in [0.29, 0.717) is 5.92 Å². The molecule has 0 radical (unpaired) electrons. The summed E-state index contributed by atoms with van der Waals surface area (Å²) in [6.07, 6.45) is 6.03. The normalized spacial score (nSPS) is 18.9. The van der Waals surface area contributed by atoms with E-state index in [9.17, 15) is 5.11 Å². The number of pyridine rings is 1. The van der Waals surface area contributed by atoms with Crippen molar-refractivity contribution in [1.29, 1.82) is 0 Å². The number of aliphatic hydroxyl groups is 1. The van der Waals surface area contributed by atoms with Gasteiger partial charge in [0.25, 0.3) is 0 Å². The molecule has 0 aliphatic heterocycles. The minimum Gasteiger partial charge on any atom is -0.395 e. The molecular weight excluding hydrogens is 226 g/mol. The van der Waals surface area contributed by atoms with Crippen LogP contribution in [0.1, 0.15) is 25.3 Å². The van der Waals surface area contributed by atoms with Gasteiger partial charge in [0.05, 0.1) is 6.61 Å². The molecular formula is C14H23N3O. The van der Waals surface area contributed by atoms with Gasteiger partial charge in [-0.15, -0.1) is 0 Å². The number of hydrogen-bond donors (Lipinski definition) is 2. The highest BCUT2D eigenvalue weighted by Gasteiger charge is 2.35. The zero-order chi connectivity index (χ0) is 13.0. The van der Waals surface area contributed by atoms with E-state index in [4.69, 9.17) is 5.73 Å². The molecule has 0 saturated heterocycles. The van der Waals surface area contributed by atoms with Gasteiger partial charge in [0.1, 0.15) is 0 Å². The molecule has 1 aliphatic carbocycles. The lowest BCUT2D eigenvalue weighted by atomic mass is 10.0. The van der Waals surface area contributed by atoms with Gasteiger partial charge in [0.2, 0.25) is 0 Å². The molecule has 4 nitrogen and oxygen atoms in total. The third kappa shape index (κ3) is 3.28. The zero-order valence-electron chi connectivity index (χ0n) is 11.0. The van der Waals surface area contributed by atoms with Crippen LogP contribution < -0.4 is 5.73 Å². The van der Waals surface area contributed by atoms with E-state index >= 15 is 0 Å². The molecule has 1 aromatic heterocycles. The van der Waals surface area contributed by atoms with Gasteiger partial charge >= 0.3 is 0 Å². The first-order chi connectivity index (χ1) is 8.76. The fourth-order valence-corrected chi connectivity index (χ4v) is 2.46. The highest BCUT2D eigenvalue weighted by Crippen LogP contribution is 2.34. The van der Waals surface area contributed by atoms with Gasteiger partial charge < -0.3 is 10.8 Å². The maximum atomic E-state index is 9.62. The lowest BCUT2D eigenvalue weighted by Crippen LogP contribution is -2.50. The largest absolute Gasteiger partial charge is 0.395 e. The fraction of sp³-hybridized carbons (Fsp3) is 0.643. The molecule has 0 spiro atoms. The molecule has 0 aromatic carbocycles. The molecule has 1 fully saturated rings. The van der Waals surface area contributed by atoms with Crippen LogP contribution in [-0.4, -0.2) is 40.2 Å². The van der Waals surface area contributed by atoms with Crippen molar-refractivity contribution in [2.75, 3.05) is 13.2 Å². The summed E-state index contributed by atoms with van der Waals surface area (Å²) in [6, 6.07) is 4.19. The maximum Gasteiger partial charge on any atom is 0.0602 e. The lowest BCUT2D eigenvalue weighted by molar-refractivity contribution is 0.0966. The number of rotatable bonds is 7. The average Bonchev–Trinajstić information content (AvgIpc) is 3.23. The summed E-state index contributed by atoms with van der Waals surface area (Å²) in [4.78, 5) is 6.29. The Hall–Kier alpha value is -0.970. The van der Waals surface area contributed by atoms with Crippen molar-refractivity contribution in [3.63, 3.8) is 0 Å². The van der Waals surface area contributed by atoms with Crippen LogP contribution in [0.25, 0.3) is 0 Å². The highest BCUT2D eigenvalue weighted by molar-refractivity contribution is 5.10. The molecule has 18 heavy (non-hydrogen) atoms. The number of aromatic nitrogens is 1. The minimum atomic E-state index is 0.0654. The van der Waals surface area contributed by atoms with Crippen LogP contribution in [0.5, 0.6) is 0 Å². The maximum absolute atomic E-state index is 9.62. The molecule has 1 saturated carbocycles. The third-order valence-electron chi connectivity index (χ3n) is 3.81. The van der Waals surface area contributed by atoms with Crippen molar-refractivity contribution in [3.8, 4) is 0 Å². The quantitative estimate of drug-likeness (QED) is 0.757. The molecule has 100 valence electrons. The molecule has 1 aliphatic rings. The topological polar surface area (TPSA) is 62.4 Å². The Morgan fingerprint density at radius 2 is 2.11 bits per heavy atom. The zero-order valence-corrected chi connectivity index (χ0v) is 11.0. The SMILES string of the molecule is CCN(Cc1ccncc1)C(CO)C(N)C1CC1. The van der Waals surface area contributed by atoms with Crippen molar-refractivity contribution in [3.05, 3.63) is 30.1 Å². The Morgan fingerprint density at radius 3 is 2.61 bits per heavy atom. The van der Waals surface area contributed by atoms with Crippen LogP contribution in [0.2, 0.25) is 0 Å². The smallest absolute Gasteiger partial charge is 0.0602 e. The van der Waals surface area contributed by atoms with Crippen LogP contribution in [0.15, 0.2) is 24.5 Å². The standard InChI is InChI=1S/C14H23N3O/c1-2-17(9-11-5-7-16-8-6-11)13(10-18)14(15)12-3-4-12/h5-8,12-14,18H,2-4,9-10,15H2,1H3. The molecule has 4 heteroatoms. The van der Waals surface area contributed by atoms with Crippen LogP contribution in [0.3, 0.4) is 0 Å². The number of likely N-dealkylation sites (N-methyl/N-ethyl adjacent to an activating group) is 1. The summed E-state index contributed by atoms with van der Waals surface area (Å²) in [7, 11) is 0. The van der Waals surface area contributed by atoms with Crippen molar-refractivity contribution in [2.45, 2.75) is 38.4 Å². The Balaban J connectivity index is 2.01. The second-order valence-corrected chi connectivity index (χ2v) is 5.08. The first-order valence-electron chi connectivity index (χ1n) is 6.75. The number of hydrogen-bond acceptors (Lipinski definition) is 4. The van der Waals surface area contributed by atoms with Crippen molar-refractivity contribution < 1.29 is 5.11 Å². The van der Waals surface area contributed by atoms with Gasteiger partial charge in [-0.1, -0.05) is 6.92 Å². The molecule has 1 heterocycles. The summed E-state index contributed by atoms with van der Waals surface area (Å²) in [6.45, 7) is 3.97. The van der Waals surface area contributed by atoms with Gasteiger partial charge in [0, 0.05) is 31.0 Å². The van der Waals surface area contributed by atoms with E-state index in [1.165, 1.54) is 18.4 Å². The minimum absolute atomic E-state index is 0.0654. The second kappa shape index (κ2) is 6.27. The van der Waals surface area contributed by atoms with E-state index in [1.807, 2.05) is 12.1 Å². The Labute approximate surface area is 109 Å². The van der Waals surface area contributed by atoms with E-state index in [0.717, 1.165) is 13.1 Å². The first-order valence-corrected chi connectivity index (χ1v) is 6.75. The number of aliphatic hydroxyl groups excluding tert-OH is 1. The fourth-order valence-electron chi connectivity index (χ4n) is 2.46. The Morgan fingerprint density at radius 1 is 1.44 bits per heavy atom. The van der Waals surface area contributed by atoms with Gasteiger partial charge in [-0.05, 0) is 43.0 Å². The predicted molar refractivity (Wildman–Crippen MR) is 71.9 cm³/mol. The number of nitrogens with zero attached hydrogens (tertiary/aromatic N) is 2. The van der Waals surface area contributed by atoms with Crippen LogP contribution in [0.4, 0.5) is 0 Å². The summed E-state index contributed by atoms with van der Waals surface area (Å²) in [5.41, 5.74) is 7.47. The average molecular weight is 249 g/mol. The van der Waals surface area contributed by atoms with E-state index in [-0.39, 0.29) is 18.7 Å². The second-order valence-electron chi connectivity index (χ2n) is 5.08. The Kier molecular flexibility index (Phi) is 4.69. The van der Waals surface area contributed by atoms with Crippen molar-refractivity contribution in [1.82, 2.24) is 9.88 Å². The summed E-state index contributed by atoms with van der Waals surface area (Å²) in [5, 5.41) is 9.62. The van der Waals surface area contributed by atoms with E-state index in [1.54, 1.807) is 12.4 Å². The summed E-state index contributed by atoms with van der Waals surface area (Å²) >= 11 is 0. The Bertz CT molecular complexity index is 353. The van der Waals surface area contributed by atoms with Crippen molar-refractivity contribution >= 4 is 0 Å². The van der Waals surface area contributed by atoms with Gasteiger partial charge in [-0.25, -0.2) is 0 Å². The monoisotopic (exact) mass is 249 g/mol. The molecule has 2 unspecified atom stereocenters. The highest BCUT2D eigenvalue weighted by atomic mass is 16.3. The van der Waals surface area contributed by atoms with Gasteiger partial charge in [0.15, 0.2) is 0 Å². The van der Waals surface area contributed by atoms with Crippen LogP contribution in [0, 0.1) is 5.92 Å². The molecule has 0 amide bonds. The van der Waals surface area contributed by atoms with Crippen LogP contribution >= 0.6 is 0 Å².